The van der Waals surface area contributed by atoms with Gasteiger partial charge in [0, 0.05) is 29.6 Å². The zero-order valence-electron chi connectivity index (χ0n) is 17.8. The largest absolute Gasteiger partial charge is 0.493 e. The number of aromatic nitrogens is 1. The number of urea groups is 1. The van der Waals surface area contributed by atoms with Crippen LogP contribution in [0.2, 0.25) is 0 Å². The summed E-state index contributed by atoms with van der Waals surface area (Å²) in [5, 5.41) is 10.8. The molecule has 3 heterocycles. The summed E-state index contributed by atoms with van der Waals surface area (Å²) >= 11 is 0. The third-order valence-electron chi connectivity index (χ3n) is 6.44. The molecule has 2 aromatic carbocycles. The molecule has 1 fully saturated rings. The zero-order chi connectivity index (χ0) is 22.8. The first-order chi connectivity index (χ1) is 15.3. The molecule has 1 saturated heterocycles. The number of aromatic amines is 1. The van der Waals surface area contributed by atoms with Crippen LogP contribution in [0, 0.1) is 0 Å². The number of methoxy groups -OCH3 is 2. The van der Waals surface area contributed by atoms with Crippen molar-refractivity contribution in [1.82, 2.24) is 9.88 Å². The average molecular weight is 435 g/mol. The number of nitrogens with zero attached hydrogens (tertiary/aromatic N) is 2. The van der Waals surface area contributed by atoms with Crippen molar-refractivity contribution in [1.29, 1.82) is 0 Å². The number of ether oxygens (including phenoxy) is 2. The molecule has 5 rings (SSSR count). The zero-order valence-corrected chi connectivity index (χ0v) is 17.8. The Morgan fingerprint density at radius 2 is 1.81 bits per heavy atom. The first-order valence-electron chi connectivity index (χ1n) is 10.1. The lowest BCUT2D eigenvalue weighted by Crippen LogP contribution is -2.49. The van der Waals surface area contributed by atoms with Crippen LogP contribution in [-0.2, 0) is 16.8 Å². The third-order valence-corrected chi connectivity index (χ3v) is 6.44. The Labute approximate surface area is 183 Å². The van der Waals surface area contributed by atoms with Crippen LogP contribution in [0.5, 0.6) is 11.5 Å². The van der Waals surface area contributed by atoms with Gasteiger partial charge in [-0.15, -0.1) is 0 Å². The van der Waals surface area contributed by atoms with Crippen molar-refractivity contribution in [2.24, 2.45) is 0 Å². The summed E-state index contributed by atoms with van der Waals surface area (Å²) in [5.74, 6) is -1.41. The molecule has 1 unspecified atom stereocenters. The van der Waals surface area contributed by atoms with Gasteiger partial charge in [-0.05, 0) is 25.0 Å². The maximum absolute atomic E-state index is 13.8. The predicted molar refractivity (Wildman–Crippen MR) is 115 cm³/mol. The molecule has 32 heavy (non-hydrogen) atoms. The van der Waals surface area contributed by atoms with E-state index in [0.29, 0.717) is 18.7 Å². The normalized spacial score (nSPS) is 19.8. The Balaban J connectivity index is 1.71. The van der Waals surface area contributed by atoms with Crippen molar-refractivity contribution in [3.63, 3.8) is 0 Å². The number of anilines is 1. The van der Waals surface area contributed by atoms with Crippen LogP contribution in [0.1, 0.15) is 28.5 Å². The van der Waals surface area contributed by atoms with Crippen molar-refractivity contribution >= 4 is 34.5 Å². The standard InChI is InChI=1S/C23H21N3O6/c1-23-19-13(12-6-4-5-7-15(12)24-19)8-9-25(23)22(30)26(21(23)29)16-11-18(32-3)17(31-2)10-14(16)20(27)28/h4-7,10-11,24H,8-9H2,1-3H3,(H,27,28). The van der Waals surface area contributed by atoms with Gasteiger partial charge in [0.2, 0.25) is 0 Å². The van der Waals surface area contributed by atoms with Crippen LogP contribution in [0.25, 0.3) is 10.9 Å². The summed E-state index contributed by atoms with van der Waals surface area (Å²) in [6.07, 6.45) is 0.583. The fourth-order valence-electron chi connectivity index (χ4n) is 4.83. The van der Waals surface area contributed by atoms with Gasteiger partial charge in [-0.2, -0.15) is 0 Å². The lowest BCUT2D eigenvalue weighted by molar-refractivity contribution is -0.125. The number of imide groups is 1. The second kappa shape index (κ2) is 6.74. The first kappa shape index (κ1) is 19.9. The SMILES string of the molecule is COc1cc(C(=O)O)c(N2C(=O)N3CCc4c([nH]c5ccccc45)C3(C)C2=O)cc1OC. The van der Waals surface area contributed by atoms with Crippen molar-refractivity contribution in [2.45, 2.75) is 18.9 Å². The highest BCUT2D eigenvalue weighted by atomic mass is 16.5. The number of nitrogens with one attached hydrogen (secondary N) is 1. The van der Waals surface area contributed by atoms with Crippen LogP contribution in [0.15, 0.2) is 36.4 Å². The molecule has 9 heteroatoms. The van der Waals surface area contributed by atoms with Gasteiger partial charge in [0.05, 0.1) is 31.2 Å². The van der Waals surface area contributed by atoms with Crippen molar-refractivity contribution in [3.05, 3.63) is 53.2 Å². The average Bonchev–Trinajstić information content (AvgIpc) is 3.26. The molecule has 0 aliphatic carbocycles. The lowest BCUT2D eigenvalue weighted by atomic mass is 9.87. The summed E-state index contributed by atoms with van der Waals surface area (Å²) in [6.45, 7) is 2.03. The van der Waals surface area contributed by atoms with E-state index < -0.39 is 23.4 Å². The predicted octanol–water partition coefficient (Wildman–Crippen LogP) is 3.12. The molecule has 0 saturated carbocycles. The number of rotatable bonds is 4. The Hall–Kier alpha value is -4.01. The highest BCUT2D eigenvalue weighted by molar-refractivity contribution is 6.25. The molecule has 164 valence electrons. The number of fused-ring (bicyclic) bond motifs is 5. The molecule has 2 N–H and O–H groups in total. The van der Waals surface area contributed by atoms with Gasteiger partial charge in [0.15, 0.2) is 17.0 Å². The molecule has 9 nitrogen and oxygen atoms in total. The number of carbonyl (C=O) groups excluding carboxylic acids is 2. The molecule has 1 atom stereocenters. The number of hydrogen-bond acceptors (Lipinski definition) is 5. The maximum Gasteiger partial charge on any atom is 0.337 e. The topological polar surface area (TPSA) is 112 Å². The summed E-state index contributed by atoms with van der Waals surface area (Å²) in [6, 6.07) is 9.79. The molecule has 3 aromatic rings. The molecule has 0 radical (unpaired) electrons. The van der Waals surface area contributed by atoms with Gasteiger partial charge < -0.3 is 24.5 Å². The molecule has 2 aliphatic rings. The highest BCUT2D eigenvalue weighted by Gasteiger charge is 2.59. The van der Waals surface area contributed by atoms with Gasteiger partial charge in [-0.25, -0.2) is 14.5 Å². The molecule has 0 bridgehead atoms. The summed E-state index contributed by atoms with van der Waals surface area (Å²) in [4.78, 5) is 45.0. The Morgan fingerprint density at radius 1 is 1.12 bits per heavy atom. The monoisotopic (exact) mass is 435 g/mol. The molecule has 0 spiro atoms. The van der Waals surface area contributed by atoms with E-state index in [4.69, 9.17) is 9.47 Å². The quantitative estimate of drug-likeness (QED) is 0.609. The Bertz CT molecular complexity index is 1310. The van der Waals surface area contributed by atoms with E-state index in [9.17, 15) is 19.5 Å². The molecule has 1 aromatic heterocycles. The van der Waals surface area contributed by atoms with Gasteiger partial charge >= 0.3 is 12.0 Å². The van der Waals surface area contributed by atoms with Crippen molar-refractivity contribution in [2.75, 3.05) is 25.7 Å². The van der Waals surface area contributed by atoms with E-state index >= 15 is 0 Å². The van der Waals surface area contributed by atoms with E-state index in [0.717, 1.165) is 21.4 Å². The molecular formula is C23H21N3O6. The minimum Gasteiger partial charge on any atom is -0.493 e. The number of benzene rings is 2. The third kappa shape index (κ3) is 2.41. The van der Waals surface area contributed by atoms with Gasteiger partial charge in [0.25, 0.3) is 5.91 Å². The number of carbonyl (C=O) groups is 3. The number of hydrogen-bond donors (Lipinski definition) is 2. The molecule has 2 aliphatic heterocycles. The van der Waals surface area contributed by atoms with E-state index in [1.807, 2.05) is 24.3 Å². The number of para-hydroxylation sites is 1. The van der Waals surface area contributed by atoms with E-state index in [1.54, 1.807) is 6.92 Å². The second-order valence-corrected chi connectivity index (χ2v) is 7.95. The number of amides is 3. The van der Waals surface area contributed by atoms with E-state index in [1.165, 1.54) is 31.3 Å². The van der Waals surface area contributed by atoms with E-state index in [2.05, 4.69) is 4.98 Å². The fourth-order valence-corrected chi connectivity index (χ4v) is 4.83. The van der Waals surface area contributed by atoms with Crippen molar-refractivity contribution < 1.29 is 29.0 Å². The number of H-pyrrole nitrogens is 1. The summed E-state index contributed by atoms with van der Waals surface area (Å²) in [5.41, 5.74) is 0.961. The van der Waals surface area contributed by atoms with Crippen LogP contribution < -0.4 is 14.4 Å². The molecular weight excluding hydrogens is 414 g/mol. The fraction of sp³-hybridized carbons (Fsp3) is 0.261. The maximum atomic E-state index is 13.8. The molecule has 3 amide bonds. The highest BCUT2D eigenvalue weighted by Crippen LogP contribution is 2.47. The first-order valence-corrected chi connectivity index (χ1v) is 10.1. The van der Waals surface area contributed by atoms with Gasteiger partial charge in [-0.3, -0.25) is 4.79 Å². The van der Waals surface area contributed by atoms with Crippen LogP contribution in [0.3, 0.4) is 0 Å². The van der Waals surface area contributed by atoms with Crippen LogP contribution in [0.4, 0.5) is 10.5 Å². The van der Waals surface area contributed by atoms with Crippen LogP contribution in [-0.4, -0.2) is 53.7 Å². The summed E-state index contributed by atoms with van der Waals surface area (Å²) < 4.78 is 10.5. The van der Waals surface area contributed by atoms with Crippen molar-refractivity contribution in [3.8, 4) is 11.5 Å². The lowest BCUT2D eigenvalue weighted by Gasteiger charge is -2.35. The Morgan fingerprint density at radius 3 is 2.50 bits per heavy atom. The van der Waals surface area contributed by atoms with Gasteiger partial charge in [-0.1, -0.05) is 18.2 Å². The summed E-state index contributed by atoms with van der Waals surface area (Å²) in [7, 11) is 2.78. The van der Waals surface area contributed by atoms with Crippen LogP contribution >= 0.6 is 0 Å². The number of carboxylic acids is 1. The minimum absolute atomic E-state index is 0.0570. The van der Waals surface area contributed by atoms with E-state index in [-0.39, 0.29) is 22.7 Å². The smallest absolute Gasteiger partial charge is 0.337 e. The number of aromatic carboxylic acids is 1. The minimum atomic E-state index is -1.29. The Kier molecular flexibility index (Phi) is 4.20. The second-order valence-electron chi connectivity index (χ2n) is 7.95. The van der Waals surface area contributed by atoms with Gasteiger partial charge in [0.1, 0.15) is 0 Å². The number of carboxylic acid groups (broad SMARTS) is 1.